The molecule has 1 aromatic carbocycles. The number of nitrogens with two attached hydrogens (primary N) is 1. The van der Waals surface area contributed by atoms with Crippen molar-refractivity contribution in [2.45, 2.75) is 26.9 Å². The van der Waals surface area contributed by atoms with E-state index in [2.05, 4.69) is 16.4 Å². The standard InChI is InChI=1S/C17H21ClN2O2/c1-3-21-16-9-14(8-15(18)17(16)22-4-2)12-20-11-13-6-5-7-19-10-13/h5-10,20H,3-4,11-12H2,1-2H3/p+1. The lowest BCUT2D eigenvalue weighted by Gasteiger charge is -2.14. The number of benzene rings is 1. The quantitative estimate of drug-likeness (QED) is 0.813. The molecule has 22 heavy (non-hydrogen) atoms. The van der Waals surface area contributed by atoms with Crippen LogP contribution in [0.3, 0.4) is 0 Å². The first kappa shape index (κ1) is 16.6. The summed E-state index contributed by atoms with van der Waals surface area (Å²) in [4.78, 5) is 4.12. The van der Waals surface area contributed by atoms with Crippen molar-refractivity contribution in [3.8, 4) is 11.5 Å². The van der Waals surface area contributed by atoms with E-state index < -0.39 is 0 Å². The van der Waals surface area contributed by atoms with Gasteiger partial charge in [-0.1, -0.05) is 17.7 Å². The van der Waals surface area contributed by atoms with Crippen LogP contribution < -0.4 is 14.8 Å². The number of aromatic nitrogens is 1. The largest absolute Gasteiger partial charge is 0.490 e. The first-order valence-corrected chi connectivity index (χ1v) is 7.91. The van der Waals surface area contributed by atoms with Crippen LogP contribution in [0.2, 0.25) is 5.02 Å². The Morgan fingerprint density at radius 1 is 1.09 bits per heavy atom. The predicted molar refractivity (Wildman–Crippen MR) is 87.4 cm³/mol. The Morgan fingerprint density at radius 2 is 1.86 bits per heavy atom. The second kappa shape index (κ2) is 8.61. The Kier molecular flexibility index (Phi) is 6.49. The summed E-state index contributed by atoms with van der Waals surface area (Å²) in [5, 5.41) is 2.80. The Balaban J connectivity index is 2.04. The maximum absolute atomic E-state index is 6.32. The van der Waals surface area contributed by atoms with Crippen molar-refractivity contribution in [3.63, 3.8) is 0 Å². The molecule has 0 radical (unpaired) electrons. The van der Waals surface area contributed by atoms with Gasteiger partial charge in [-0.2, -0.15) is 0 Å². The van der Waals surface area contributed by atoms with Crippen LogP contribution in [0.5, 0.6) is 11.5 Å². The topological polar surface area (TPSA) is 48.0 Å². The van der Waals surface area contributed by atoms with Crippen molar-refractivity contribution in [1.82, 2.24) is 4.98 Å². The molecule has 5 heteroatoms. The van der Waals surface area contributed by atoms with Crippen LogP contribution in [-0.4, -0.2) is 18.2 Å². The normalized spacial score (nSPS) is 10.5. The van der Waals surface area contributed by atoms with Gasteiger partial charge >= 0.3 is 0 Å². The first-order chi connectivity index (χ1) is 10.7. The second-order valence-corrected chi connectivity index (χ2v) is 5.24. The average molecular weight is 322 g/mol. The summed E-state index contributed by atoms with van der Waals surface area (Å²) >= 11 is 6.32. The van der Waals surface area contributed by atoms with E-state index >= 15 is 0 Å². The smallest absolute Gasteiger partial charge is 0.179 e. The molecule has 0 aliphatic rings. The molecule has 0 aliphatic heterocycles. The monoisotopic (exact) mass is 321 g/mol. The molecule has 118 valence electrons. The molecule has 0 amide bonds. The van der Waals surface area contributed by atoms with Gasteiger partial charge in [-0.15, -0.1) is 0 Å². The Morgan fingerprint density at radius 3 is 2.55 bits per heavy atom. The zero-order valence-electron chi connectivity index (χ0n) is 13.0. The van der Waals surface area contributed by atoms with Gasteiger partial charge in [0.15, 0.2) is 11.5 Å². The maximum atomic E-state index is 6.32. The lowest BCUT2D eigenvalue weighted by atomic mass is 10.2. The van der Waals surface area contributed by atoms with Gasteiger partial charge in [0.1, 0.15) is 13.1 Å². The van der Waals surface area contributed by atoms with E-state index in [-0.39, 0.29) is 0 Å². The molecule has 0 saturated carbocycles. The molecule has 0 fully saturated rings. The van der Waals surface area contributed by atoms with E-state index in [1.807, 2.05) is 38.2 Å². The third-order valence-corrected chi connectivity index (χ3v) is 3.42. The number of pyridine rings is 1. The predicted octanol–water partition coefficient (Wildman–Crippen LogP) is 2.80. The lowest BCUT2D eigenvalue weighted by molar-refractivity contribution is -0.686. The average Bonchev–Trinajstić information content (AvgIpc) is 2.52. The van der Waals surface area contributed by atoms with E-state index in [4.69, 9.17) is 21.1 Å². The summed E-state index contributed by atoms with van der Waals surface area (Å²) < 4.78 is 11.2. The molecule has 2 N–H and O–H groups in total. The van der Waals surface area contributed by atoms with Crippen molar-refractivity contribution in [2.75, 3.05) is 13.2 Å². The second-order valence-electron chi connectivity index (χ2n) is 4.83. The number of quaternary nitrogens is 1. The van der Waals surface area contributed by atoms with Gasteiger partial charge in [0.25, 0.3) is 0 Å². The molecule has 2 rings (SSSR count). The van der Waals surface area contributed by atoms with Crippen LogP contribution in [0.1, 0.15) is 25.0 Å². The number of hydrogen-bond acceptors (Lipinski definition) is 3. The Labute approximate surface area is 136 Å². The number of rotatable bonds is 8. The van der Waals surface area contributed by atoms with Crippen molar-refractivity contribution >= 4 is 11.6 Å². The molecule has 0 atom stereocenters. The first-order valence-electron chi connectivity index (χ1n) is 7.53. The number of hydrogen-bond donors (Lipinski definition) is 1. The van der Waals surface area contributed by atoms with Crippen molar-refractivity contribution in [1.29, 1.82) is 0 Å². The Bertz CT molecular complexity index is 591. The maximum Gasteiger partial charge on any atom is 0.179 e. The molecule has 0 saturated heterocycles. The van der Waals surface area contributed by atoms with Crippen LogP contribution in [0, 0.1) is 0 Å². The molecule has 1 aromatic heterocycles. The van der Waals surface area contributed by atoms with Gasteiger partial charge in [0.2, 0.25) is 0 Å². The van der Waals surface area contributed by atoms with E-state index in [1.165, 1.54) is 5.56 Å². The zero-order valence-corrected chi connectivity index (χ0v) is 13.8. The molecular weight excluding hydrogens is 300 g/mol. The number of halogens is 1. The van der Waals surface area contributed by atoms with Gasteiger partial charge in [-0.3, -0.25) is 4.98 Å². The fourth-order valence-electron chi connectivity index (χ4n) is 2.21. The Hall–Kier alpha value is -1.78. The van der Waals surface area contributed by atoms with E-state index in [0.717, 1.165) is 18.7 Å². The zero-order chi connectivity index (χ0) is 15.8. The molecule has 0 bridgehead atoms. The minimum Gasteiger partial charge on any atom is -0.490 e. The molecular formula is C17H22ClN2O2+. The van der Waals surface area contributed by atoms with Crippen molar-refractivity contribution < 1.29 is 14.8 Å². The van der Waals surface area contributed by atoms with Gasteiger partial charge < -0.3 is 14.8 Å². The van der Waals surface area contributed by atoms with Gasteiger partial charge in [-0.05, 0) is 32.0 Å². The molecule has 4 nitrogen and oxygen atoms in total. The number of ether oxygens (including phenoxy) is 2. The van der Waals surface area contributed by atoms with E-state index in [1.54, 1.807) is 6.20 Å². The third-order valence-electron chi connectivity index (χ3n) is 3.14. The van der Waals surface area contributed by atoms with E-state index in [0.29, 0.717) is 29.7 Å². The van der Waals surface area contributed by atoms with E-state index in [9.17, 15) is 0 Å². The fraction of sp³-hybridized carbons (Fsp3) is 0.353. The molecule has 0 spiro atoms. The minimum absolute atomic E-state index is 0.562. The SMILES string of the molecule is CCOc1cc(C[NH2+]Cc2cccnc2)cc(Cl)c1OCC. The van der Waals surface area contributed by atoms with Gasteiger partial charge in [0.05, 0.1) is 18.2 Å². The lowest BCUT2D eigenvalue weighted by Crippen LogP contribution is -2.80. The van der Waals surface area contributed by atoms with Crippen LogP contribution >= 0.6 is 11.6 Å². The third kappa shape index (κ3) is 4.61. The van der Waals surface area contributed by atoms with Crippen molar-refractivity contribution in [3.05, 3.63) is 52.8 Å². The van der Waals surface area contributed by atoms with Crippen molar-refractivity contribution in [2.24, 2.45) is 0 Å². The highest BCUT2D eigenvalue weighted by Crippen LogP contribution is 2.36. The summed E-state index contributed by atoms with van der Waals surface area (Å²) in [6, 6.07) is 7.96. The highest BCUT2D eigenvalue weighted by atomic mass is 35.5. The highest BCUT2D eigenvalue weighted by Gasteiger charge is 2.13. The summed E-state index contributed by atoms with van der Waals surface area (Å²) in [5.41, 5.74) is 2.31. The van der Waals surface area contributed by atoms with Crippen LogP contribution in [0.25, 0.3) is 0 Å². The van der Waals surface area contributed by atoms with Crippen LogP contribution in [0.4, 0.5) is 0 Å². The minimum atomic E-state index is 0.562. The van der Waals surface area contributed by atoms with Gasteiger partial charge in [-0.25, -0.2) is 0 Å². The fourth-order valence-corrected chi connectivity index (χ4v) is 2.50. The summed E-state index contributed by atoms with van der Waals surface area (Å²) in [7, 11) is 0. The summed E-state index contributed by atoms with van der Waals surface area (Å²) in [5.74, 6) is 1.34. The number of nitrogens with zero attached hydrogens (tertiary/aromatic N) is 1. The van der Waals surface area contributed by atoms with Crippen LogP contribution in [0.15, 0.2) is 36.7 Å². The summed E-state index contributed by atoms with van der Waals surface area (Å²) in [6.07, 6.45) is 3.66. The van der Waals surface area contributed by atoms with Crippen LogP contribution in [-0.2, 0) is 13.1 Å². The molecule has 0 aliphatic carbocycles. The molecule has 2 aromatic rings. The van der Waals surface area contributed by atoms with Gasteiger partial charge in [0, 0.05) is 23.5 Å². The summed E-state index contributed by atoms with van der Waals surface area (Å²) in [6.45, 7) is 6.72. The molecule has 0 unspecified atom stereocenters. The highest BCUT2D eigenvalue weighted by molar-refractivity contribution is 6.32. The molecule has 1 heterocycles.